The minimum atomic E-state index is 0.675. The number of hydrogen-bond donors (Lipinski definition) is 1. The van der Waals surface area contributed by atoms with Gasteiger partial charge in [-0.2, -0.15) is 0 Å². The van der Waals surface area contributed by atoms with Gasteiger partial charge in [-0.25, -0.2) is 9.97 Å². The van der Waals surface area contributed by atoms with Crippen molar-refractivity contribution in [2.75, 3.05) is 5.73 Å². The van der Waals surface area contributed by atoms with E-state index in [0.29, 0.717) is 5.69 Å². The van der Waals surface area contributed by atoms with Crippen molar-refractivity contribution in [3.8, 4) is 0 Å². The third-order valence-electron chi connectivity index (χ3n) is 3.40. The number of hydrogen-bond acceptors (Lipinski definition) is 3. The molecule has 0 bridgehead atoms. The molecule has 5 heteroatoms. The first-order valence-electron chi connectivity index (χ1n) is 6.39. The second kappa shape index (κ2) is 4.80. The van der Waals surface area contributed by atoms with Gasteiger partial charge in [0.2, 0.25) is 0 Å². The van der Waals surface area contributed by atoms with Crippen molar-refractivity contribution < 1.29 is 0 Å². The van der Waals surface area contributed by atoms with E-state index in [1.165, 1.54) is 0 Å². The van der Waals surface area contributed by atoms with E-state index in [2.05, 4.69) is 14.5 Å². The molecule has 4 nitrogen and oxygen atoms in total. The van der Waals surface area contributed by atoms with E-state index >= 15 is 0 Å². The second-order valence-corrected chi connectivity index (χ2v) is 5.31. The number of aryl methyl sites for hydroxylation is 2. The first-order chi connectivity index (χ1) is 9.54. The Morgan fingerprint density at radius 3 is 2.55 bits per heavy atom. The fraction of sp³-hybridized carbons (Fsp3) is 0.200. The van der Waals surface area contributed by atoms with Gasteiger partial charge < -0.3 is 10.3 Å². The van der Waals surface area contributed by atoms with Gasteiger partial charge in [0.1, 0.15) is 11.3 Å². The third-order valence-corrected chi connectivity index (χ3v) is 3.65. The molecule has 0 radical (unpaired) electrons. The summed E-state index contributed by atoms with van der Waals surface area (Å²) in [4.78, 5) is 9.08. The van der Waals surface area contributed by atoms with E-state index in [0.717, 1.165) is 39.8 Å². The van der Waals surface area contributed by atoms with E-state index in [4.69, 9.17) is 17.3 Å². The molecule has 1 aromatic carbocycles. The standard InChI is InChI=1S/C15H15ClN4/c1-9-13(17)7-14-15(18-9)20(10(2)19-14)8-11-3-5-12(16)6-4-11/h3-7H,8,17H2,1-2H3. The molecule has 2 N–H and O–H groups in total. The summed E-state index contributed by atoms with van der Waals surface area (Å²) in [5.41, 5.74) is 10.2. The summed E-state index contributed by atoms with van der Waals surface area (Å²) in [7, 11) is 0. The Morgan fingerprint density at radius 2 is 1.85 bits per heavy atom. The molecule has 0 saturated heterocycles. The Hall–Kier alpha value is -2.07. The van der Waals surface area contributed by atoms with Crippen LogP contribution in [0.5, 0.6) is 0 Å². The van der Waals surface area contributed by atoms with Crippen molar-refractivity contribution in [3.63, 3.8) is 0 Å². The smallest absolute Gasteiger partial charge is 0.160 e. The number of benzene rings is 1. The van der Waals surface area contributed by atoms with Crippen LogP contribution in [-0.4, -0.2) is 14.5 Å². The fourth-order valence-corrected chi connectivity index (χ4v) is 2.35. The van der Waals surface area contributed by atoms with Gasteiger partial charge in [-0.1, -0.05) is 23.7 Å². The molecule has 0 unspecified atom stereocenters. The van der Waals surface area contributed by atoms with Gasteiger partial charge in [0.05, 0.1) is 17.9 Å². The van der Waals surface area contributed by atoms with Crippen LogP contribution in [0.2, 0.25) is 5.02 Å². The summed E-state index contributed by atoms with van der Waals surface area (Å²) in [5.74, 6) is 0.924. The summed E-state index contributed by atoms with van der Waals surface area (Å²) in [6, 6.07) is 9.68. The zero-order valence-electron chi connectivity index (χ0n) is 11.4. The molecule has 0 aliphatic heterocycles. The third kappa shape index (κ3) is 2.23. The van der Waals surface area contributed by atoms with Crippen molar-refractivity contribution in [1.82, 2.24) is 14.5 Å². The van der Waals surface area contributed by atoms with Gasteiger partial charge in [0.25, 0.3) is 0 Å². The molecular weight excluding hydrogens is 272 g/mol. The number of nitrogen functional groups attached to an aromatic ring is 1. The van der Waals surface area contributed by atoms with Crippen molar-refractivity contribution in [2.45, 2.75) is 20.4 Å². The Kier molecular flexibility index (Phi) is 3.10. The molecule has 0 amide bonds. The molecule has 2 heterocycles. The monoisotopic (exact) mass is 286 g/mol. The number of imidazole rings is 1. The summed E-state index contributed by atoms with van der Waals surface area (Å²) in [6.45, 7) is 4.60. The molecule has 0 aliphatic carbocycles. The average molecular weight is 287 g/mol. The van der Waals surface area contributed by atoms with Crippen LogP contribution in [0.3, 0.4) is 0 Å². The first-order valence-corrected chi connectivity index (χ1v) is 6.77. The van der Waals surface area contributed by atoms with Gasteiger partial charge >= 0.3 is 0 Å². The van der Waals surface area contributed by atoms with Crippen LogP contribution < -0.4 is 5.73 Å². The largest absolute Gasteiger partial charge is 0.397 e. The molecule has 102 valence electrons. The second-order valence-electron chi connectivity index (χ2n) is 4.88. The van der Waals surface area contributed by atoms with E-state index < -0.39 is 0 Å². The first kappa shape index (κ1) is 12.9. The van der Waals surface area contributed by atoms with Gasteiger partial charge in [-0.3, -0.25) is 0 Å². The summed E-state index contributed by atoms with van der Waals surface area (Å²) in [5, 5.41) is 0.739. The van der Waals surface area contributed by atoms with Crippen LogP contribution in [0.25, 0.3) is 11.2 Å². The Balaban J connectivity index is 2.08. The highest BCUT2D eigenvalue weighted by atomic mass is 35.5. The number of pyridine rings is 1. The zero-order valence-corrected chi connectivity index (χ0v) is 12.1. The van der Waals surface area contributed by atoms with E-state index in [1.54, 1.807) is 0 Å². The lowest BCUT2D eigenvalue weighted by atomic mass is 10.2. The van der Waals surface area contributed by atoms with Gasteiger partial charge in [0, 0.05) is 5.02 Å². The minimum Gasteiger partial charge on any atom is -0.397 e. The highest BCUT2D eigenvalue weighted by Crippen LogP contribution is 2.20. The highest BCUT2D eigenvalue weighted by molar-refractivity contribution is 6.30. The Labute approximate surface area is 122 Å². The molecule has 3 rings (SSSR count). The average Bonchev–Trinajstić information content (AvgIpc) is 2.69. The predicted molar refractivity (Wildman–Crippen MR) is 82.0 cm³/mol. The lowest BCUT2D eigenvalue weighted by Crippen LogP contribution is -2.04. The molecule has 2 aromatic heterocycles. The maximum atomic E-state index is 5.91. The molecule has 0 fully saturated rings. The maximum absolute atomic E-state index is 5.91. The molecule has 0 saturated carbocycles. The van der Waals surface area contributed by atoms with Gasteiger partial charge in [-0.15, -0.1) is 0 Å². The number of nitrogens with two attached hydrogens (primary N) is 1. The molecule has 3 aromatic rings. The Morgan fingerprint density at radius 1 is 1.15 bits per heavy atom. The van der Waals surface area contributed by atoms with Crippen LogP contribution in [-0.2, 0) is 6.54 Å². The van der Waals surface area contributed by atoms with Crippen molar-refractivity contribution in [2.24, 2.45) is 0 Å². The predicted octanol–water partition coefficient (Wildman–Crippen LogP) is 3.33. The number of aromatic nitrogens is 3. The minimum absolute atomic E-state index is 0.675. The van der Waals surface area contributed by atoms with Crippen molar-refractivity contribution >= 4 is 28.5 Å². The lowest BCUT2D eigenvalue weighted by Gasteiger charge is -2.07. The summed E-state index contributed by atoms with van der Waals surface area (Å²) < 4.78 is 2.09. The highest BCUT2D eigenvalue weighted by Gasteiger charge is 2.11. The van der Waals surface area contributed by atoms with Crippen LogP contribution in [0.1, 0.15) is 17.1 Å². The molecule has 0 aliphatic rings. The van der Waals surface area contributed by atoms with E-state index in [-0.39, 0.29) is 0 Å². The van der Waals surface area contributed by atoms with Gasteiger partial charge in [-0.05, 0) is 37.6 Å². The number of halogens is 1. The summed E-state index contributed by atoms with van der Waals surface area (Å²) >= 11 is 5.91. The lowest BCUT2D eigenvalue weighted by molar-refractivity contribution is 0.776. The number of nitrogens with zero attached hydrogens (tertiary/aromatic N) is 3. The van der Waals surface area contributed by atoms with Crippen LogP contribution in [0.15, 0.2) is 30.3 Å². The van der Waals surface area contributed by atoms with E-state index in [1.807, 2.05) is 44.2 Å². The van der Waals surface area contributed by atoms with Crippen LogP contribution in [0, 0.1) is 13.8 Å². The number of rotatable bonds is 2. The number of anilines is 1. The van der Waals surface area contributed by atoms with Gasteiger partial charge in [0.15, 0.2) is 5.65 Å². The molecular formula is C15H15ClN4. The van der Waals surface area contributed by atoms with Crippen LogP contribution in [0.4, 0.5) is 5.69 Å². The van der Waals surface area contributed by atoms with Crippen LogP contribution >= 0.6 is 11.6 Å². The maximum Gasteiger partial charge on any atom is 0.160 e. The topological polar surface area (TPSA) is 56.7 Å². The SMILES string of the molecule is Cc1nc2c(cc1N)nc(C)n2Cc1ccc(Cl)cc1. The molecule has 0 atom stereocenters. The number of fused-ring (bicyclic) bond motifs is 1. The van der Waals surface area contributed by atoms with Crippen molar-refractivity contribution in [1.29, 1.82) is 0 Å². The quantitative estimate of drug-likeness (QED) is 0.786. The Bertz CT molecular complexity index is 775. The van der Waals surface area contributed by atoms with Crippen molar-refractivity contribution in [3.05, 3.63) is 52.4 Å². The summed E-state index contributed by atoms with van der Waals surface area (Å²) in [6.07, 6.45) is 0. The zero-order chi connectivity index (χ0) is 14.3. The fourth-order valence-electron chi connectivity index (χ4n) is 2.23. The normalized spacial score (nSPS) is 11.2. The molecule has 0 spiro atoms. The molecule has 20 heavy (non-hydrogen) atoms. The van der Waals surface area contributed by atoms with E-state index in [9.17, 15) is 0 Å².